The molecule has 0 aliphatic carbocycles. The number of carbonyl (C=O) groups is 1. The van der Waals surface area contributed by atoms with Crippen LogP contribution in [0, 0.1) is 18.8 Å². The number of thiazole rings is 1. The highest BCUT2D eigenvalue weighted by atomic mass is 32.1. The summed E-state index contributed by atoms with van der Waals surface area (Å²) in [4.78, 5) is 19.7. The van der Waals surface area contributed by atoms with Crippen LogP contribution in [-0.4, -0.2) is 35.4 Å². The molecule has 0 saturated heterocycles. The van der Waals surface area contributed by atoms with Crippen molar-refractivity contribution >= 4 is 17.2 Å². The maximum Gasteiger partial charge on any atom is 0.265 e. The Morgan fingerprint density at radius 2 is 1.95 bits per heavy atom. The largest absolute Gasteiger partial charge is 0.341 e. The van der Waals surface area contributed by atoms with Crippen LogP contribution in [0.15, 0.2) is 0 Å². The van der Waals surface area contributed by atoms with Crippen molar-refractivity contribution in [3.8, 4) is 0 Å². The molecule has 0 aliphatic rings. The van der Waals surface area contributed by atoms with Crippen molar-refractivity contribution in [2.75, 3.05) is 13.6 Å². The number of amides is 1. The monoisotopic (exact) mass is 311 g/mol. The summed E-state index contributed by atoms with van der Waals surface area (Å²) in [7, 11) is 1.85. The first-order valence-corrected chi connectivity index (χ1v) is 8.51. The average Bonchev–Trinajstić information content (AvgIpc) is 2.74. The van der Waals surface area contributed by atoms with Gasteiger partial charge in [-0.05, 0) is 31.6 Å². The van der Waals surface area contributed by atoms with Crippen LogP contribution in [0.5, 0.6) is 0 Å². The molecule has 4 nitrogen and oxygen atoms in total. The van der Waals surface area contributed by atoms with E-state index in [1.807, 2.05) is 14.0 Å². The van der Waals surface area contributed by atoms with Gasteiger partial charge < -0.3 is 10.6 Å². The Labute approximate surface area is 132 Å². The van der Waals surface area contributed by atoms with Crippen molar-refractivity contribution in [1.82, 2.24) is 9.88 Å². The Morgan fingerprint density at radius 3 is 2.48 bits per heavy atom. The lowest BCUT2D eigenvalue weighted by Crippen LogP contribution is -2.34. The summed E-state index contributed by atoms with van der Waals surface area (Å²) in [6.45, 7) is 11.2. The quantitative estimate of drug-likeness (QED) is 0.842. The Bertz CT molecular complexity index is 468. The highest BCUT2D eigenvalue weighted by Gasteiger charge is 2.21. The van der Waals surface area contributed by atoms with Crippen LogP contribution in [0.1, 0.15) is 54.5 Å². The van der Waals surface area contributed by atoms with Crippen molar-refractivity contribution in [3.63, 3.8) is 0 Å². The molecule has 5 heteroatoms. The molecule has 0 radical (unpaired) electrons. The minimum atomic E-state index is 0.0761. The second-order valence-corrected chi connectivity index (χ2v) is 7.73. The Kier molecular flexibility index (Phi) is 6.81. The summed E-state index contributed by atoms with van der Waals surface area (Å²) in [5, 5.41) is 0.960. The molecule has 2 N–H and O–H groups in total. The molecule has 1 aromatic rings. The topological polar surface area (TPSA) is 59.2 Å². The third-order valence-corrected chi connectivity index (χ3v) is 4.60. The summed E-state index contributed by atoms with van der Waals surface area (Å²) in [5.41, 5.74) is 7.00. The third-order valence-electron chi connectivity index (χ3n) is 3.60. The maximum absolute atomic E-state index is 12.6. The van der Waals surface area contributed by atoms with E-state index in [0.29, 0.717) is 18.4 Å². The predicted molar refractivity (Wildman–Crippen MR) is 89.8 cm³/mol. The number of nitrogens with two attached hydrogens (primary N) is 1. The lowest BCUT2D eigenvalue weighted by molar-refractivity contribution is 0.0792. The molecular weight excluding hydrogens is 282 g/mol. The molecule has 0 spiro atoms. The highest BCUT2D eigenvalue weighted by Crippen LogP contribution is 2.22. The fourth-order valence-electron chi connectivity index (χ4n) is 2.11. The Morgan fingerprint density at radius 1 is 1.33 bits per heavy atom. The van der Waals surface area contributed by atoms with Crippen molar-refractivity contribution in [2.45, 2.75) is 53.5 Å². The van der Waals surface area contributed by atoms with Crippen LogP contribution >= 0.6 is 11.3 Å². The molecule has 21 heavy (non-hydrogen) atoms. The fraction of sp³-hybridized carbons (Fsp3) is 0.750. The summed E-state index contributed by atoms with van der Waals surface area (Å²) in [6.07, 6.45) is 1.68. The van der Waals surface area contributed by atoms with Gasteiger partial charge in [-0.25, -0.2) is 4.98 Å². The van der Waals surface area contributed by atoms with E-state index in [1.54, 1.807) is 4.90 Å². The molecule has 0 aromatic carbocycles. The van der Waals surface area contributed by atoms with Gasteiger partial charge in [-0.2, -0.15) is 0 Å². The molecule has 1 atom stereocenters. The predicted octanol–water partition coefficient (Wildman–Crippen LogP) is 3.10. The SMILES string of the molecule is Cc1nc(CC(C)C)c(C(=O)N(C)CCC(N)C(C)C)s1. The summed E-state index contributed by atoms with van der Waals surface area (Å²) < 4.78 is 0. The minimum absolute atomic E-state index is 0.0761. The number of nitrogens with zero attached hydrogens (tertiary/aromatic N) is 2. The first-order valence-electron chi connectivity index (χ1n) is 7.69. The number of aromatic nitrogens is 1. The second kappa shape index (κ2) is 7.90. The van der Waals surface area contributed by atoms with E-state index < -0.39 is 0 Å². The summed E-state index contributed by atoms with van der Waals surface area (Å²) >= 11 is 1.50. The van der Waals surface area contributed by atoms with Gasteiger partial charge in [0.2, 0.25) is 0 Å². The number of aryl methyl sites for hydroxylation is 1. The first-order chi connectivity index (χ1) is 9.72. The second-order valence-electron chi connectivity index (χ2n) is 6.53. The van der Waals surface area contributed by atoms with Gasteiger partial charge in [-0.3, -0.25) is 4.79 Å². The molecule has 120 valence electrons. The van der Waals surface area contributed by atoms with Crippen LogP contribution in [-0.2, 0) is 6.42 Å². The van der Waals surface area contributed by atoms with Crippen LogP contribution in [0.2, 0.25) is 0 Å². The lowest BCUT2D eigenvalue weighted by Gasteiger charge is -2.21. The van der Waals surface area contributed by atoms with Gasteiger partial charge >= 0.3 is 0 Å². The van der Waals surface area contributed by atoms with E-state index in [2.05, 4.69) is 32.7 Å². The van der Waals surface area contributed by atoms with E-state index in [4.69, 9.17) is 5.73 Å². The van der Waals surface area contributed by atoms with Crippen LogP contribution in [0.3, 0.4) is 0 Å². The number of carbonyl (C=O) groups excluding carboxylic acids is 1. The van der Waals surface area contributed by atoms with E-state index in [-0.39, 0.29) is 11.9 Å². The number of hydrogen-bond acceptors (Lipinski definition) is 4. The smallest absolute Gasteiger partial charge is 0.265 e. The van der Waals surface area contributed by atoms with Crippen LogP contribution < -0.4 is 5.73 Å². The van der Waals surface area contributed by atoms with E-state index >= 15 is 0 Å². The summed E-state index contributed by atoms with van der Waals surface area (Å²) in [5.74, 6) is 1.01. The molecule has 0 saturated carbocycles. The standard InChI is InChI=1S/C16H29N3OS/c1-10(2)9-14-15(21-12(5)18-14)16(20)19(6)8-7-13(17)11(3)4/h10-11,13H,7-9,17H2,1-6H3. The van der Waals surface area contributed by atoms with E-state index in [1.165, 1.54) is 11.3 Å². The maximum atomic E-state index is 12.6. The molecule has 0 aliphatic heterocycles. The first kappa shape index (κ1) is 18.1. The van der Waals surface area contributed by atoms with Crippen LogP contribution in [0.25, 0.3) is 0 Å². The summed E-state index contributed by atoms with van der Waals surface area (Å²) in [6, 6.07) is 0.138. The third kappa shape index (κ3) is 5.40. The number of rotatable bonds is 7. The van der Waals surface area contributed by atoms with Gasteiger partial charge in [0.25, 0.3) is 5.91 Å². The molecule has 1 heterocycles. The molecule has 1 rings (SSSR count). The normalized spacial score (nSPS) is 13.0. The highest BCUT2D eigenvalue weighted by molar-refractivity contribution is 7.13. The van der Waals surface area contributed by atoms with Crippen molar-refractivity contribution in [3.05, 3.63) is 15.6 Å². The van der Waals surface area contributed by atoms with Crippen molar-refractivity contribution < 1.29 is 4.79 Å². The van der Waals surface area contributed by atoms with E-state index in [0.717, 1.165) is 28.4 Å². The molecule has 1 unspecified atom stereocenters. The van der Waals surface area contributed by atoms with Gasteiger partial charge in [0.15, 0.2) is 0 Å². The van der Waals surface area contributed by atoms with Gasteiger partial charge in [0.1, 0.15) is 4.88 Å². The zero-order chi connectivity index (χ0) is 16.2. The number of hydrogen-bond donors (Lipinski definition) is 1. The zero-order valence-corrected chi connectivity index (χ0v) is 15.0. The van der Waals surface area contributed by atoms with Gasteiger partial charge in [-0.1, -0.05) is 27.7 Å². The van der Waals surface area contributed by atoms with Crippen molar-refractivity contribution in [2.24, 2.45) is 17.6 Å². The Balaban J connectivity index is 2.74. The molecule has 0 bridgehead atoms. The van der Waals surface area contributed by atoms with Gasteiger partial charge in [0.05, 0.1) is 10.7 Å². The van der Waals surface area contributed by atoms with Gasteiger partial charge in [-0.15, -0.1) is 11.3 Å². The lowest BCUT2D eigenvalue weighted by atomic mass is 10.0. The van der Waals surface area contributed by atoms with Crippen LogP contribution in [0.4, 0.5) is 0 Å². The van der Waals surface area contributed by atoms with Crippen molar-refractivity contribution in [1.29, 1.82) is 0 Å². The molecule has 1 aromatic heterocycles. The average molecular weight is 311 g/mol. The Hall–Kier alpha value is -0.940. The fourth-order valence-corrected chi connectivity index (χ4v) is 3.05. The minimum Gasteiger partial charge on any atom is -0.341 e. The molecule has 0 fully saturated rings. The van der Waals surface area contributed by atoms with E-state index in [9.17, 15) is 4.79 Å². The van der Waals surface area contributed by atoms with Gasteiger partial charge in [0, 0.05) is 19.6 Å². The molecular formula is C16H29N3OS. The zero-order valence-electron chi connectivity index (χ0n) is 14.1. The molecule has 1 amide bonds.